The highest BCUT2D eigenvalue weighted by atomic mass is 35.5. The molecule has 1 fully saturated rings. The molecule has 1 heterocycles. The maximum atomic E-state index is 12.2. The van der Waals surface area contributed by atoms with Crippen LogP contribution in [0.3, 0.4) is 0 Å². The minimum absolute atomic E-state index is 0.00294. The first-order chi connectivity index (χ1) is 8.40. The lowest BCUT2D eigenvalue weighted by atomic mass is 9.88. The van der Waals surface area contributed by atoms with Crippen LogP contribution >= 0.6 is 11.6 Å². The van der Waals surface area contributed by atoms with Crippen molar-refractivity contribution in [3.05, 3.63) is 11.5 Å². The Labute approximate surface area is 113 Å². The summed E-state index contributed by atoms with van der Waals surface area (Å²) < 4.78 is 28.5. The molecule has 0 radical (unpaired) electrons. The predicted octanol–water partition coefficient (Wildman–Crippen LogP) is 1.93. The quantitative estimate of drug-likeness (QED) is 0.925. The van der Waals surface area contributed by atoms with Crippen LogP contribution in [-0.2, 0) is 17.1 Å². The van der Waals surface area contributed by atoms with Gasteiger partial charge < -0.3 is 4.57 Å². The second-order valence-electron chi connectivity index (χ2n) is 5.04. The number of halogens is 1. The van der Waals surface area contributed by atoms with E-state index >= 15 is 0 Å². The molecule has 1 aliphatic rings. The molecule has 0 aliphatic heterocycles. The number of hydrogen-bond acceptors (Lipinski definition) is 3. The molecule has 2 rings (SSSR count). The predicted molar refractivity (Wildman–Crippen MR) is 70.0 cm³/mol. The average molecular weight is 292 g/mol. The molecule has 1 saturated carbocycles. The largest absolute Gasteiger partial charge is 0.324 e. The highest BCUT2D eigenvalue weighted by Gasteiger charge is 2.28. The second-order valence-corrected chi connectivity index (χ2v) is 7.03. The molecule has 5 nitrogen and oxygen atoms in total. The van der Waals surface area contributed by atoms with E-state index in [0.717, 1.165) is 19.3 Å². The maximum Gasteiger partial charge on any atom is 0.261 e. The van der Waals surface area contributed by atoms with Gasteiger partial charge in [-0.2, -0.15) is 0 Å². The van der Waals surface area contributed by atoms with Crippen LogP contribution in [0.2, 0.25) is 5.15 Å². The molecule has 1 aromatic heterocycles. The summed E-state index contributed by atoms with van der Waals surface area (Å²) in [6.45, 7) is 2.15. The molecule has 0 bridgehead atoms. The van der Waals surface area contributed by atoms with E-state index in [4.69, 9.17) is 11.6 Å². The van der Waals surface area contributed by atoms with Crippen molar-refractivity contribution in [3.63, 3.8) is 0 Å². The SMILES string of the molecule is CC1CCCC(NS(=O)(=O)c2ncn(C)c2Cl)C1. The van der Waals surface area contributed by atoms with E-state index in [1.807, 2.05) is 0 Å². The summed E-state index contributed by atoms with van der Waals surface area (Å²) >= 11 is 5.92. The molecule has 1 N–H and O–H groups in total. The van der Waals surface area contributed by atoms with Gasteiger partial charge in [0.05, 0.1) is 6.33 Å². The summed E-state index contributed by atoms with van der Waals surface area (Å²) in [5, 5.41) is 0.0660. The van der Waals surface area contributed by atoms with Gasteiger partial charge in [0.2, 0.25) is 5.03 Å². The van der Waals surface area contributed by atoms with Gasteiger partial charge >= 0.3 is 0 Å². The molecule has 2 atom stereocenters. The van der Waals surface area contributed by atoms with Crippen LogP contribution in [0.25, 0.3) is 0 Å². The van der Waals surface area contributed by atoms with Gasteiger partial charge in [-0.3, -0.25) is 0 Å². The number of nitrogens with zero attached hydrogens (tertiary/aromatic N) is 2. The van der Waals surface area contributed by atoms with Crippen LogP contribution in [0.5, 0.6) is 0 Å². The third kappa shape index (κ3) is 2.87. The highest BCUT2D eigenvalue weighted by molar-refractivity contribution is 7.89. The third-order valence-corrected chi connectivity index (χ3v) is 5.36. The molecule has 7 heteroatoms. The normalized spacial score (nSPS) is 25.3. The van der Waals surface area contributed by atoms with Crippen molar-refractivity contribution < 1.29 is 8.42 Å². The van der Waals surface area contributed by atoms with Crippen molar-refractivity contribution in [1.82, 2.24) is 14.3 Å². The fourth-order valence-corrected chi connectivity index (χ4v) is 4.10. The molecule has 0 spiro atoms. The Balaban J connectivity index is 2.14. The summed E-state index contributed by atoms with van der Waals surface area (Å²) in [4.78, 5) is 3.85. The molecule has 1 aliphatic carbocycles. The van der Waals surface area contributed by atoms with E-state index in [-0.39, 0.29) is 16.2 Å². The first-order valence-corrected chi connectivity index (χ1v) is 7.95. The number of aromatic nitrogens is 2. The van der Waals surface area contributed by atoms with Crippen molar-refractivity contribution in [1.29, 1.82) is 0 Å². The second kappa shape index (κ2) is 5.19. The molecular weight excluding hydrogens is 274 g/mol. The van der Waals surface area contributed by atoms with Crippen LogP contribution in [0, 0.1) is 5.92 Å². The molecule has 0 amide bonds. The number of imidazole rings is 1. The Morgan fingerprint density at radius 3 is 2.78 bits per heavy atom. The third-order valence-electron chi connectivity index (χ3n) is 3.35. The van der Waals surface area contributed by atoms with E-state index in [0.29, 0.717) is 5.92 Å². The molecule has 102 valence electrons. The van der Waals surface area contributed by atoms with Gasteiger partial charge in [0.25, 0.3) is 10.0 Å². The van der Waals surface area contributed by atoms with Gasteiger partial charge in [-0.1, -0.05) is 31.4 Å². The Kier molecular flexibility index (Phi) is 3.99. The monoisotopic (exact) mass is 291 g/mol. The molecular formula is C11H18ClN3O2S. The van der Waals surface area contributed by atoms with Gasteiger partial charge in [0, 0.05) is 13.1 Å². The lowest BCUT2D eigenvalue weighted by Gasteiger charge is -2.26. The summed E-state index contributed by atoms with van der Waals surface area (Å²) in [5.41, 5.74) is 0. The molecule has 0 aromatic carbocycles. The van der Waals surface area contributed by atoms with E-state index in [9.17, 15) is 8.42 Å². The minimum Gasteiger partial charge on any atom is -0.324 e. The van der Waals surface area contributed by atoms with Gasteiger partial charge in [0.1, 0.15) is 5.15 Å². The Bertz CT molecular complexity index is 526. The lowest BCUT2D eigenvalue weighted by molar-refractivity contribution is 0.327. The van der Waals surface area contributed by atoms with Crippen LogP contribution in [0.4, 0.5) is 0 Å². The van der Waals surface area contributed by atoms with Crippen molar-refractivity contribution in [2.75, 3.05) is 0 Å². The maximum absolute atomic E-state index is 12.2. The number of aryl methyl sites for hydroxylation is 1. The van der Waals surface area contributed by atoms with Crippen LogP contribution < -0.4 is 4.72 Å². The van der Waals surface area contributed by atoms with Gasteiger partial charge in [-0.15, -0.1) is 0 Å². The number of rotatable bonds is 3. The van der Waals surface area contributed by atoms with Crippen LogP contribution in [0.1, 0.15) is 32.6 Å². The van der Waals surface area contributed by atoms with Crippen molar-refractivity contribution in [2.24, 2.45) is 13.0 Å². The van der Waals surface area contributed by atoms with Crippen molar-refractivity contribution in [2.45, 2.75) is 43.7 Å². The minimum atomic E-state index is -3.61. The van der Waals surface area contributed by atoms with E-state index in [1.165, 1.54) is 17.3 Å². The number of hydrogen-bond donors (Lipinski definition) is 1. The molecule has 18 heavy (non-hydrogen) atoms. The smallest absolute Gasteiger partial charge is 0.261 e. The van der Waals surface area contributed by atoms with Crippen LogP contribution in [0.15, 0.2) is 11.4 Å². The Morgan fingerprint density at radius 1 is 1.50 bits per heavy atom. The Morgan fingerprint density at radius 2 is 2.22 bits per heavy atom. The zero-order valence-electron chi connectivity index (χ0n) is 10.6. The first-order valence-electron chi connectivity index (χ1n) is 6.09. The van der Waals surface area contributed by atoms with Crippen molar-refractivity contribution in [3.8, 4) is 0 Å². The van der Waals surface area contributed by atoms with Gasteiger partial charge in [-0.25, -0.2) is 18.1 Å². The first kappa shape index (κ1) is 13.8. The molecule has 0 saturated heterocycles. The zero-order valence-corrected chi connectivity index (χ0v) is 12.1. The van der Waals surface area contributed by atoms with Gasteiger partial charge in [-0.05, 0) is 18.8 Å². The van der Waals surface area contributed by atoms with Gasteiger partial charge in [0.15, 0.2) is 0 Å². The molecule has 1 aromatic rings. The summed E-state index contributed by atoms with van der Waals surface area (Å²) in [5.74, 6) is 0.561. The number of nitrogens with one attached hydrogen (secondary N) is 1. The molecule has 2 unspecified atom stereocenters. The Hall–Kier alpha value is -0.590. The number of sulfonamides is 1. The lowest BCUT2D eigenvalue weighted by Crippen LogP contribution is -2.38. The van der Waals surface area contributed by atoms with Crippen LogP contribution in [-0.4, -0.2) is 24.0 Å². The summed E-state index contributed by atoms with van der Waals surface area (Å²) in [6, 6.07) is -0.00294. The average Bonchev–Trinajstić information content (AvgIpc) is 2.59. The van der Waals surface area contributed by atoms with E-state index in [2.05, 4.69) is 16.6 Å². The van der Waals surface area contributed by atoms with E-state index in [1.54, 1.807) is 7.05 Å². The summed E-state index contributed by atoms with van der Waals surface area (Å²) in [7, 11) is -1.94. The standard InChI is InChI=1S/C11H18ClN3O2S/c1-8-4-3-5-9(6-8)14-18(16,17)11-10(12)15(2)7-13-11/h7-9,14H,3-6H2,1-2H3. The van der Waals surface area contributed by atoms with E-state index < -0.39 is 10.0 Å². The fraction of sp³-hybridized carbons (Fsp3) is 0.727. The topological polar surface area (TPSA) is 64.0 Å². The highest BCUT2D eigenvalue weighted by Crippen LogP contribution is 2.26. The van der Waals surface area contributed by atoms with Crippen molar-refractivity contribution >= 4 is 21.6 Å². The fourth-order valence-electron chi connectivity index (χ4n) is 2.39. The summed E-state index contributed by atoms with van der Waals surface area (Å²) in [6.07, 6.45) is 5.39. The zero-order chi connectivity index (χ0) is 13.3.